The van der Waals surface area contributed by atoms with E-state index >= 15 is 0 Å². The van der Waals surface area contributed by atoms with Crippen LogP contribution < -0.4 is 20.1 Å². The first-order valence-corrected chi connectivity index (χ1v) is 10.4. The fraction of sp³-hybridized carbons (Fsp3) is 0.409. The summed E-state index contributed by atoms with van der Waals surface area (Å²) in [5.74, 6) is -0.828. The molecule has 1 aromatic carbocycles. The van der Waals surface area contributed by atoms with Crippen LogP contribution in [0.2, 0.25) is 0 Å². The highest BCUT2D eigenvalue weighted by Gasteiger charge is 2.20. The average Bonchev–Trinajstić information content (AvgIpc) is 2.90. The molecular formula is C22H27FN2O3S. The van der Waals surface area contributed by atoms with Gasteiger partial charge in [0, 0.05) is 18.0 Å². The molecule has 0 unspecified atom stereocenters. The molecule has 0 spiro atoms. The standard InChI is InChI=1S/C22H27FN2O3S/c1-5-6-10-24-19(27)14-25-20(13-18(26)22(2,3)4)29-17(21(25)28)12-15-8-7-9-16(23)11-15/h7-9,11-13H,5-6,10,14H2,1-4H3,(H,24,27)/b17-12+,20-13-. The Labute approximate surface area is 173 Å². The molecule has 0 aliphatic rings. The molecule has 1 N–H and O–H groups in total. The van der Waals surface area contributed by atoms with Gasteiger partial charge in [-0.25, -0.2) is 4.39 Å². The summed E-state index contributed by atoms with van der Waals surface area (Å²) in [6.07, 6.45) is 4.78. The van der Waals surface area contributed by atoms with Crippen molar-refractivity contribution in [2.75, 3.05) is 6.54 Å². The van der Waals surface area contributed by atoms with Crippen molar-refractivity contribution in [3.63, 3.8) is 0 Å². The van der Waals surface area contributed by atoms with Crippen LogP contribution in [0.1, 0.15) is 46.1 Å². The van der Waals surface area contributed by atoms with Gasteiger partial charge in [0.15, 0.2) is 5.78 Å². The first-order valence-electron chi connectivity index (χ1n) is 9.61. The number of hydrogen-bond donors (Lipinski definition) is 1. The predicted octanol–water partition coefficient (Wildman–Crippen LogP) is 2.19. The SMILES string of the molecule is CCCCNC(=O)Cn1c(=O)/c(=C\c2cccc(F)c2)s/c1=C\C(=O)C(C)(C)C. The maximum atomic E-state index is 13.5. The van der Waals surface area contributed by atoms with Crippen molar-refractivity contribution in [2.24, 2.45) is 5.41 Å². The van der Waals surface area contributed by atoms with Gasteiger partial charge in [0.25, 0.3) is 5.56 Å². The molecule has 2 rings (SSSR count). The number of benzene rings is 1. The lowest BCUT2D eigenvalue weighted by molar-refractivity contribution is -0.122. The molecule has 0 atom stereocenters. The van der Waals surface area contributed by atoms with Crippen molar-refractivity contribution >= 4 is 35.2 Å². The number of nitrogens with one attached hydrogen (secondary N) is 1. The van der Waals surface area contributed by atoms with Crippen molar-refractivity contribution < 1.29 is 14.0 Å². The molecule has 0 aliphatic carbocycles. The summed E-state index contributed by atoms with van der Waals surface area (Å²) in [5, 5.41) is 2.78. The molecule has 0 bridgehead atoms. The highest BCUT2D eigenvalue weighted by atomic mass is 32.1. The number of nitrogens with zero attached hydrogens (tertiary/aromatic N) is 1. The molecule has 1 amide bonds. The number of carbonyl (C=O) groups is 2. The van der Waals surface area contributed by atoms with Gasteiger partial charge in [-0.05, 0) is 30.2 Å². The van der Waals surface area contributed by atoms with Crippen molar-refractivity contribution in [1.29, 1.82) is 0 Å². The summed E-state index contributed by atoms with van der Waals surface area (Å²) in [7, 11) is 0. The number of carbonyl (C=O) groups excluding carboxylic acids is 2. The highest BCUT2D eigenvalue weighted by Crippen LogP contribution is 2.14. The van der Waals surface area contributed by atoms with Crippen LogP contribution in [0.15, 0.2) is 29.1 Å². The van der Waals surface area contributed by atoms with Crippen LogP contribution in [0.4, 0.5) is 4.39 Å². The zero-order chi connectivity index (χ0) is 21.6. The van der Waals surface area contributed by atoms with E-state index in [0.29, 0.717) is 21.3 Å². The molecule has 0 aliphatic heterocycles. The van der Waals surface area contributed by atoms with Gasteiger partial charge < -0.3 is 5.32 Å². The highest BCUT2D eigenvalue weighted by molar-refractivity contribution is 7.07. The molecule has 0 fully saturated rings. The first-order chi connectivity index (χ1) is 13.6. The number of ketones is 1. The number of halogens is 1. The van der Waals surface area contributed by atoms with Crippen molar-refractivity contribution in [2.45, 2.75) is 47.1 Å². The van der Waals surface area contributed by atoms with Crippen LogP contribution >= 0.6 is 11.3 Å². The third-order valence-corrected chi connectivity index (χ3v) is 5.29. The number of thiazole rings is 1. The summed E-state index contributed by atoms with van der Waals surface area (Å²) in [6.45, 7) is 7.77. The molecule has 29 heavy (non-hydrogen) atoms. The van der Waals surface area contributed by atoms with E-state index in [1.165, 1.54) is 22.8 Å². The Bertz CT molecular complexity index is 1060. The normalized spacial score (nSPS) is 13.0. The lowest BCUT2D eigenvalue weighted by Crippen LogP contribution is -2.38. The van der Waals surface area contributed by atoms with E-state index in [9.17, 15) is 18.8 Å². The van der Waals surface area contributed by atoms with Gasteiger partial charge in [-0.2, -0.15) is 0 Å². The van der Waals surface area contributed by atoms with Gasteiger partial charge >= 0.3 is 0 Å². The molecule has 0 saturated carbocycles. The number of aromatic nitrogens is 1. The third-order valence-electron chi connectivity index (χ3n) is 4.23. The van der Waals surface area contributed by atoms with Crippen LogP contribution in [-0.4, -0.2) is 22.8 Å². The third kappa shape index (κ3) is 6.49. The Morgan fingerprint density at radius 3 is 2.62 bits per heavy atom. The number of unbranched alkanes of at least 4 members (excludes halogenated alkanes) is 1. The second kappa shape index (κ2) is 9.78. The Balaban J connectivity index is 2.53. The molecule has 1 aromatic heterocycles. The van der Waals surface area contributed by atoms with Crippen molar-refractivity contribution in [3.05, 3.63) is 55.2 Å². The Morgan fingerprint density at radius 1 is 1.28 bits per heavy atom. The van der Waals surface area contributed by atoms with Crippen LogP contribution in [0.3, 0.4) is 0 Å². The molecular weight excluding hydrogens is 391 g/mol. The zero-order valence-corrected chi connectivity index (χ0v) is 18.1. The van der Waals surface area contributed by atoms with Crippen LogP contribution in [0, 0.1) is 11.2 Å². The molecule has 156 valence electrons. The van der Waals surface area contributed by atoms with Gasteiger partial charge in [0.2, 0.25) is 5.91 Å². The van der Waals surface area contributed by atoms with E-state index in [1.54, 1.807) is 39.0 Å². The summed E-state index contributed by atoms with van der Waals surface area (Å²) < 4.78 is 15.5. The van der Waals surface area contributed by atoms with Crippen molar-refractivity contribution in [3.8, 4) is 0 Å². The molecule has 0 saturated heterocycles. The van der Waals surface area contributed by atoms with Gasteiger partial charge in [-0.15, -0.1) is 11.3 Å². The van der Waals surface area contributed by atoms with Crippen molar-refractivity contribution in [1.82, 2.24) is 9.88 Å². The monoisotopic (exact) mass is 418 g/mol. The van der Waals surface area contributed by atoms with Gasteiger partial charge in [0.1, 0.15) is 17.0 Å². The number of hydrogen-bond acceptors (Lipinski definition) is 4. The maximum Gasteiger partial charge on any atom is 0.269 e. The molecule has 1 heterocycles. The quantitative estimate of drug-likeness (QED) is 0.701. The first kappa shape index (κ1) is 22.7. The largest absolute Gasteiger partial charge is 0.355 e. The number of amides is 1. The molecule has 2 aromatic rings. The summed E-state index contributed by atoms with van der Waals surface area (Å²) in [4.78, 5) is 37.7. The van der Waals surface area contributed by atoms with Crippen LogP contribution in [0.5, 0.6) is 0 Å². The summed E-state index contributed by atoms with van der Waals surface area (Å²) in [5.41, 5.74) is -0.449. The van der Waals surface area contributed by atoms with Gasteiger partial charge in [-0.3, -0.25) is 19.0 Å². The summed E-state index contributed by atoms with van der Waals surface area (Å²) >= 11 is 1.12. The lowest BCUT2D eigenvalue weighted by Gasteiger charge is -2.13. The van der Waals surface area contributed by atoms with E-state index < -0.39 is 11.2 Å². The minimum atomic E-state index is -0.610. The molecule has 5 nitrogen and oxygen atoms in total. The van der Waals surface area contributed by atoms with E-state index in [2.05, 4.69) is 5.32 Å². The molecule has 7 heteroatoms. The topological polar surface area (TPSA) is 68.2 Å². The molecule has 0 radical (unpaired) electrons. The van der Waals surface area contributed by atoms with Crippen LogP contribution in [0.25, 0.3) is 12.2 Å². The number of Topliss-reactive ketones (excluding diaryl/α,β-unsaturated/α-hetero) is 1. The van der Waals surface area contributed by atoms with Crippen LogP contribution in [-0.2, 0) is 16.1 Å². The lowest BCUT2D eigenvalue weighted by atomic mass is 9.91. The predicted molar refractivity (Wildman–Crippen MR) is 115 cm³/mol. The Kier molecular flexibility index (Phi) is 7.67. The zero-order valence-electron chi connectivity index (χ0n) is 17.3. The Hall–Kier alpha value is -2.54. The van der Waals surface area contributed by atoms with Gasteiger partial charge in [-0.1, -0.05) is 46.2 Å². The summed E-state index contributed by atoms with van der Waals surface area (Å²) in [6, 6.07) is 5.90. The Morgan fingerprint density at radius 2 is 2.00 bits per heavy atom. The van der Waals surface area contributed by atoms with E-state index in [4.69, 9.17) is 0 Å². The van der Waals surface area contributed by atoms with Gasteiger partial charge in [0.05, 0.1) is 4.53 Å². The van der Waals surface area contributed by atoms with E-state index in [0.717, 1.165) is 24.2 Å². The maximum absolute atomic E-state index is 13.5. The number of rotatable bonds is 7. The fourth-order valence-corrected chi connectivity index (χ4v) is 3.51. The second-order valence-corrected chi connectivity index (χ2v) is 8.92. The fourth-order valence-electron chi connectivity index (χ4n) is 2.47. The second-order valence-electron chi connectivity index (χ2n) is 7.86. The minimum absolute atomic E-state index is 0.142. The van der Waals surface area contributed by atoms with E-state index in [-0.39, 0.29) is 23.8 Å². The van der Waals surface area contributed by atoms with E-state index in [1.807, 2.05) is 6.92 Å². The average molecular weight is 419 g/mol. The minimum Gasteiger partial charge on any atom is -0.355 e. The smallest absolute Gasteiger partial charge is 0.269 e.